The van der Waals surface area contributed by atoms with Crippen LogP contribution in [-0.2, 0) is 11.2 Å². The van der Waals surface area contributed by atoms with Crippen LogP contribution in [0.25, 0.3) is 0 Å². The van der Waals surface area contributed by atoms with E-state index in [0.29, 0.717) is 18.3 Å². The first-order valence-corrected chi connectivity index (χ1v) is 9.22. The summed E-state index contributed by atoms with van der Waals surface area (Å²) in [5.74, 6) is 3.78. The molecular weight excluding hydrogens is 316 g/mol. The van der Waals surface area contributed by atoms with E-state index < -0.39 is 0 Å². The van der Waals surface area contributed by atoms with Crippen LogP contribution < -0.4 is 0 Å². The highest BCUT2D eigenvalue weighted by Crippen LogP contribution is 2.47. The summed E-state index contributed by atoms with van der Waals surface area (Å²) in [6.07, 6.45) is 2.90. The lowest BCUT2D eigenvalue weighted by atomic mass is 9.91. The Morgan fingerprint density at radius 2 is 2.08 bits per heavy atom. The van der Waals surface area contributed by atoms with Gasteiger partial charge in [-0.3, -0.25) is 15.0 Å². The van der Waals surface area contributed by atoms with E-state index in [0.717, 1.165) is 42.0 Å². The molecule has 1 saturated carbocycles. The molecule has 4 rings (SSSR count). The fourth-order valence-electron chi connectivity index (χ4n) is 3.87. The molecule has 7 heteroatoms. The van der Waals surface area contributed by atoms with Crippen molar-refractivity contribution in [2.75, 3.05) is 13.1 Å². The van der Waals surface area contributed by atoms with Gasteiger partial charge in [0.1, 0.15) is 5.82 Å². The summed E-state index contributed by atoms with van der Waals surface area (Å²) in [6.45, 7) is 7.71. The van der Waals surface area contributed by atoms with Crippen molar-refractivity contribution in [3.63, 3.8) is 0 Å². The minimum absolute atomic E-state index is 0.156. The number of aryl methyl sites for hydroxylation is 1. The molecule has 2 aromatic rings. The Bertz CT molecular complexity index is 759. The fourth-order valence-corrected chi connectivity index (χ4v) is 3.87. The van der Waals surface area contributed by atoms with E-state index in [-0.39, 0.29) is 11.8 Å². The molecule has 0 spiro atoms. The number of H-pyrrole nitrogens is 2. The topological polar surface area (TPSA) is 90.6 Å². The van der Waals surface area contributed by atoms with Crippen molar-refractivity contribution >= 4 is 5.91 Å². The lowest BCUT2D eigenvalue weighted by molar-refractivity contribution is -0.129. The number of carbonyl (C=O) groups is 1. The summed E-state index contributed by atoms with van der Waals surface area (Å²) >= 11 is 0. The van der Waals surface area contributed by atoms with Gasteiger partial charge in [-0.2, -0.15) is 10.2 Å². The number of nitrogens with one attached hydrogen (secondary N) is 2. The highest BCUT2D eigenvalue weighted by atomic mass is 16.2. The molecule has 3 heterocycles. The third-order valence-electron chi connectivity index (χ3n) is 5.42. The summed E-state index contributed by atoms with van der Waals surface area (Å²) in [4.78, 5) is 19.4. The first-order chi connectivity index (χ1) is 12.0. The number of aromatic amines is 2. The Morgan fingerprint density at radius 1 is 1.28 bits per heavy atom. The van der Waals surface area contributed by atoms with Crippen molar-refractivity contribution in [3.05, 3.63) is 29.1 Å². The molecule has 2 N–H and O–H groups in total. The third-order valence-corrected chi connectivity index (χ3v) is 5.42. The molecule has 0 aromatic carbocycles. The summed E-state index contributed by atoms with van der Waals surface area (Å²) in [6, 6.07) is 1.94. The molecule has 134 valence electrons. The van der Waals surface area contributed by atoms with Crippen LogP contribution in [0.3, 0.4) is 0 Å². The van der Waals surface area contributed by atoms with Gasteiger partial charge in [0.25, 0.3) is 0 Å². The maximum absolute atomic E-state index is 12.7. The summed E-state index contributed by atoms with van der Waals surface area (Å²) in [7, 11) is 0. The van der Waals surface area contributed by atoms with Gasteiger partial charge in [0.05, 0.1) is 12.1 Å². The largest absolute Gasteiger partial charge is 0.341 e. The number of hydrogen-bond donors (Lipinski definition) is 2. The van der Waals surface area contributed by atoms with E-state index in [1.54, 1.807) is 0 Å². The van der Waals surface area contributed by atoms with Crippen LogP contribution >= 0.6 is 0 Å². The van der Waals surface area contributed by atoms with E-state index in [4.69, 9.17) is 4.98 Å². The maximum Gasteiger partial charge on any atom is 0.228 e. The Labute approximate surface area is 147 Å². The second kappa shape index (κ2) is 6.28. The number of rotatable bonds is 5. The second-order valence-electron chi connectivity index (χ2n) is 7.86. The summed E-state index contributed by atoms with van der Waals surface area (Å²) in [5, 5.41) is 14.6. The minimum atomic E-state index is 0.156. The molecular formula is C18H26N6O. The highest BCUT2D eigenvalue weighted by Gasteiger charge is 2.45. The monoisotopic (exact) mass is 342 g/mol. The Kier molecular flexibility index (Phi) is 4.09. The van der Waals surface area contributed by atoms with E-state index >= 15 is 0 Å². The fraction of sp³-hybridized carbons (Fsp3) is 0.667. The normalized spacial score (nSPS) is 23.6. The molecule has 1 saturated heterocycles. The average Bonchev–Trinajstić information content (AvgIpc) is 3.00. The predicted molar refractivity (Wildman–Crippen MR) is 93.0 cm³/mol. The molecule has 7 nitrogen and oxygen atoms in total. The Morgan fingerprint density at radius 3 is 2.68 bits per heavy atom. The zero-order valence-corrected chi connectivity index (χ0v) is 15.1. The number of carbonyl (C=O) groups excluding carboxylic acids is 1. The van der Waals surface area contributed by atoms with E-state index in [2.05, 4.69) is 34.2 Å². The lowest BCUT2D eigenvalue weighted by Gasteiger charge is -2.15. The number of hydrogen-bond acceptors (Lipinski definition) is 4. The van der Waals surface area contributed by atoms with Gasteiger partial charge < -0.3 is 4.90 Å². The second-order valence-corrected chi connectivity index (χ2v) is 7.86. The van der Waals surface area contributed by atoms with Gasteiger partial charge in [0.15, 0.2) is 5.82 Å². The van der Waals surface area contributed by atoms with Crippen LogP contribution in [0.2, 0.25) is 0 Å². The van der Waals surface area contributed by atoms with Crippen LogP contribution in [0.15, 0.2) is 6.07 Å². The molecule has 2 atom stereocenters. The Balaban J connectivity index is 1.49. The van der Waals surface area contributed by atoms with E-state index in [1.807, 2.05) is 17.9 Å². The van der Waals surface area contributed by atoms with Gasteiger partial charge in [-0.1, -0.05) is 13.8 Å². The zero-order chi connectivity index (χ0) is 17.6. The number of likely N-dealkylation sites (tertiary alicyclic amines) is 1. The lowest BCUT2D eigenvalue weighted by Crippen LogP contribution is -2.30. The molecule has 0 bridgehead atoms. The van der Waals surface area contributed by atoms with Crippen molar-refractivity contribution in [1.82, 2.24) is 30.3 Å². The predicted octanol–water partition coefficient (Wildman–Crippen LogP) is 2.15. The maximum atomic E-state index is 12.7. The van der Waals surface area contributed by atoms with Crippen LogP contribution in [0, 0.1) is 18.8 Å². The molecule has 1 aliphatic heterocycles. The standard InChI is InChI=1S/C18H26N6O/c1-10(2)17-19-18(23-22-17)15-9-24(8-14(15)12-4-5-12)16(25)7-13-6-11(3)20-21-13/h6,10,12,14-15H,4-5,7-9H2,1-3H3,(H,20,21)(H,19,22,23)/t14-,15+/m1/s1. The van der Waals surface area contributed by atoms with Crippen LogP contribution in [-0.4, -0.2) is 49.3 Å². The highest BCUT2D eigenvalue weighted by molar-refractivity contribution is 5.78. The molecule has 0 unspecified atom stereocenters. The Hall–Kier alpha value is -2.18. The minimum Gasteiger partial charge on any atom is -0.341 e. The van der Waals surface area contributed by atoms with Gasteiger partial charge >= 0.3 is 0 Å². The van der Waals surface area contributed by atoms with Crippen molar-refractivity contribution in [2.24, 2.45) is 11.8 Å². The van der Waals surface area contributed by atoms with Gasteiger partial charge in [-0.15, -0.1) is 0 Å². The number of aromatic nitrogens is 5. The van der Waals surface area contributed by atoms with Gasteiger partial charge in [-0.25, -0.2) is 4.98 Å². The van der Waals surface area contributed by atoms with Gasteiger partial charge in [-0.05, 0) is 37.7 Å². The summed E-state index contributed by atoms with van der Waals surface area (Å²) < 4.78 is 0. The molecule has 0 radical (unpaired) electrons. The van der Waals surface area contributed by atoms with E-state index in [9.17, 15) is 4.79 Å². The van der Waals surface area contributed by atoms with Crippen molar-refractivity contribution in [3.8, 4) is 0 Å². The average molecular weight is 342 g/mol. The zero-order valence-electron chi connectivity index (χ0n) is 15.1. The van der Waals surface area contributed by atoms with E-state index in [1.165, 1.54) is 12.8 Å². The molecule has 25 heavy (non-hydrogen) atoms. The van der Waals surface area contributed by atoms with Gasteiger partial charge in [0, 0.05) is 30.6 Å². The first-order valence-electron chi connectivity index (χ1n) is 9.22. The van der Waals surface area contributed by atoms with Crippen molar-refractivity contribution in [2.45, 2.75) is 51.9 Å². The smallest absolute Gasteiger partial charge is 0.228 e. The van der Waals surface area contributed by atoms with Crippen LogP contribution in [0.1, 0.15) is 61.6 Å². The van der Waals surface area contributed by atoms with Gasteiger partial charge in [0.2, 0.25) is 5.91 Å². The van der Waals surface area contributed by atoms with Crippen molar-refractivity contribution < 1.29 is 4.79 Å². The van der Waals surface area contributed by atoms with Crippen LogP contribution in [0.5, 0.6) is 0 Å². The number of amides is 1. The molecule has 2 fully saturated rings. The molecule has 1 amide bonds. The molecule has 1 aliphatic carbocycles. The molecule has 2 aromatic heterocycles. The molecule has 2 aliphatic rings. The van der Waals surface area contributed by atoms with Crippen LogP contribution in [0.4, 0.5) is 0 Å². The SMILES string of the molecule is Cc1cc(CC(=O)N2C[C@H](c3nc(C(C)C)n[nH]3)[C@@H](C3CC3)C2)n[nH]1. The number of nitrogens with zero attached hydrogens (tertiary/aromatic N) is 4. The first kappa shape index (κ1) is 16.3. The third kappa shape index (κ3) is 3.32. The summed E-state index contributed by atoms with van der Waals surface area (Å²) in [5.41, 5.74) is 1.80. The van der Waals surface area contributed by atoms with Crippen molar-refractivity contribution in [1.29, 1.82) is 0 Å². The quantitative estimate of drug-likeness (QED) is 0.871.